The number of benzene rings is 2. The Bertz CT molecular complexity index is 479. The summed E-state index contributed by atoms with van der Waals surface area (Å²) < 4.78 is 0. The van der Waals surface area contributed by atoms with Gasteiger partial charge in [-0.25, -0.2) is 0 Å². The van der Waals surface area contributed by atoms with Crippen LogP contribution in [0.2, 0.25) is 0 Å². The van der Waals surface area contributed by atoms with Crippen LogP contribution in [-0.4, -0.2) is 5.11 Å². The van der Waals surface area contributed by atoms with Crippen LogP contribution in [0.4, 0.5) is 0 Å². The SMILES string of the molecule is CC(N)(CC(O)c1ccccc1)c1ccccc1. The molecule has 2 aromatic rings. The summed E-state index contributed by atoms with van der Waals surface area (Å²) in [6.45, 7) is 1.95. The molecule has 0 fully saturated rings. The lowest BCUT2D eigenvalue weighted by molar-refractivity contribution is 0.137. The van der Waals surface area contributed by atoms with Crippen LogP contribution in [0.25, 0.3) is 0 Å². The lowest BCUT2D eigenvalue weighted by atomic mass is 9.86. The predicted molar refractivity (Wildman–Crippen MR) is 74.0 cm³/mol. The number of nitrogens with two attached hydrogens (primary N) is 1. The molecular formula is C16H19NO. The normalized spacial score (nSPS) is 15.9. The minimum atomic E-state index is -0.540. The van der Waals surface area contributed by atoms with Crippen LogP contribution < -0.4 is 5.73 Å². The van der Waals surface area contributed by atoms with E-state index in [4.69, 9.17) is 5.73 Å². The van der Waals surface area contributed by atoms with Gasteiger partial charge >= 0.3 is 0 Å². The Balaban J connectivity index is 2.14. The number of rotatable bonds is 4. The molecule has 0 aliphatic carbocycles. The Morgan fingerprint density at radius 2 is 1.50 bits per heavy atom. The Morgan fingerprint density at radius 1 is 1.00 bits per heavy atom. The first-order valence-corrected chi connectivity index (χ1v) is 6.17. The molecule has 0 aliphatic heterocycles. The summed E-state index contributed by atoms with van der Waals surface area (Å²) in [5.74, 6) is 0. The van der Waals surface area contributed by atoms with Crippen molar-refractivity contribution in [3.63, 3.8) is 0 Å². The Hall–Kier alpha value is -1.64. The van der Waals surface area contributed by atoms with E-state index in [-0.39, 0.29) is 0 Å². The molecule has 0 amide bonds. The Labute approximate surface area is 108 Å². The fourth-order valence-electron chi connectivity index (χ4n) is 2.13. The van der Waals surface area contributed by atoms with Crippen molar-refractivity contribution in [3.8, 4) is 0 Å². The van der Waals surface area contributed by atoms with Crippen molar-refractivity contribution in [1.82, 2.24) is 0 Å². The van der Waals surface area contributed by atoms with Gasteiger partial charge in [-0.05, 0) is 24.5 Å². The molecule has 0 aromatic heterocycles. The van der Waals surface area contributed by atoms with Crippen LogP contribution in [0, 0.1) is 0 Å². The monoisotopic (exact) mass is 241 g/mol. The summed E-state index contributed by atoms with van der Waals surface area (Å²) >= 11 is 0. The molecule has 2 aromatic carbocycles. The smallest absolute Gasteiger partial charge is 0.0810 e. The van der Waals surface area contributed by atoms with Crippen molar-refractivity contribution in [2.24, 2.45) is 5.73 Å². The minimum absolute atomic E-state index is 0.501. The maximum absolute atomic E-state index is 10.2. The molecule has 2 unspecified atom stereocenters. The third-order valence-corrected chi connectivity index (χ3v) is 3.23. The Kier molecular flexibility index (Phi) is 3.80. The third-order valence-electron chi connectivity index (χ3n) is 3.23. The molecule has 2 rings (SSSR count). The van der Waals surface area contributed by atoms with Gasteiger partial charge in [0.15, 0.2) is 0 Å². The number of aliphatic hydroxyl groups excluding tert-OH is 1. The van der Waals surface area contributed by atoms with Crippen molar-refractivity contribution >= 4 is 0 Å². The van der Waals surface area contributed by atoms with Crippen LogP contribution in [0.1, 0.15) is 30.6 Å². The first kappa shape index (κ1) is 12.8. The summed E-state index contributed by atoms with van der Waals surface area (Å²) in [5, 5.41) is 10.2. The zero-order chi connectivity index (χ0) is 13.0. The lowest BCUT2D eigenvalue weighted by Crippen LogP contribution is -2.34. The maximum Gasteiger partial charge on any atom is 0.0810 e. The van der Waals surface area contributed by atoms with Gasteiger partial charge in [-0.2, -0.15) is 0 Å². The largest absolute Gasteiger partial charge is 0.388 e. The van der Waals surface area contributed by atoms with Crippen LogP contribution in [0.15, 0.2) is 60.7 Å². The van der Waals surface area contributed by atoms with Crippen molar-refractivity contribution in [1.29, 1.82) is 0 Å². The van der Waals surface area contributed by atoms with Gasteiger partial charge in [0.1, 0.15) is 0 Å². The average Bonchev–Trinajstić information content (AvgIpc) is 2.40. The van der Waals surface area contributed by atoms with Gasteiger partial charge < -0.3 is 10.8 Å². The first-order valence-electron chi connectivity index (χ1n) is 6.17. The first-order chi connectivity index (χ1) is 8.59. The topological polar surface area (TPSA) is 46.2 Å². The maximum atomic E-state index is 10.2. The van der Waals surface area contributed by atoms with E-state index in [0.717, 1.165) is 11.1 Å². The van der Waals surface area contributed by atoms with Gasteiger partial charge in [0.05, 0.1) is 6.10 Å². The van der Waals surface area contributed by atoms with E-state index in [0.29, 0.717) is 6.42 Å². The van der Waals surface area contributed by atoms with E-state index < -0.39 is 11.6 Å². The number of hydrogen-bond donors (Lipinski definition) is 2. The molecule has 2 heteroatoms. The van der Waals surface area contributed by atoms with Crippen molar-refractivity contribution in [3.05, 3.63) is 71.8 Å². The van der Waals surface area contributed by atoms with Gasteiger partial charge in [0.2, 0.25) is 0 Å². The van der Waals surface area contributed by atoms with Gasteiger partial charge in [-0.1, -0.05) is 60.7 Å². The molecule has 0 aliphatic rings. The Morgan fingerprint density at radius 3 is 2.06 bits per heavy atom. The summed E-state index contributed by atoms with van der Waals surface area (Å²) in [4.78, 5) is 0. The second-order valence-electron chi connectivity index (χ2n) is 4.91. The van der Waals surface area contributed by atoms with Crippen LogP contribution in [0.3, 0.4) is 0 Å². The van der Waals surface area contributed by atoms with Crippen LogP contribution >= 0.6 is 0 Å². The molecule has 2 atom stereocenters. The van der Waals surface area contributed by atoms with Gasteiger partial charge in [-0.15, -0.1) is 0 Å². The lowest BCUT2D eigenvalue weighted by Gasteiger charge is -2.28. The highest BCUT2D eigenvalue weighted by Crippen LogP contribution is 2.29. The summed E-state index contributed by atoms with van der Waals surface area (Å²) in [5.41, 5.74) is 7.73. The summed E-state index contributed by atoms with van der Waals surface area (Å²) in [6, 6.07) is 19.5. The molecule has 0 bridgehead atoms. The molecule has 94 valence electrons. The van der Waals surface area contributed by atoms with Gasteiger partial charge in [0.25, 0.3) is 0 Å². The third kappa shape index (κ3) is 2.97. The molecule has 0 radical (unpaired) electrons. The van der Waals surface area contributed by atoms with E-state index in [2.05, 4.69) is 0 Å². The molecule has 0 spiro atoms. The van der Waals surface area contributed by atoms with E-state index in [9.17, 15) is 5.11 Å². The fraction of sp³-hybridized carbons (Fsp3) is 0.250. The van der Waals surface area contributed by atoms with E-state index in [1.165, 1.54) is 0 Å². The molecule has 0 saturated heterocycles. The van der Waals surface area contributed by atoms with Gasteiger partial charge in [0, 0.05) is 5.54 Å². The van der Waals surface area contributed by atoms with Crippen LogP contribution in [0.5, 0.6) is 0 Å². The predicted octanol–water partition coefficient (Wildman–Crippen LogP) is 2.98. The highest BCUT2D eigenvalue weighted by molar-refractivity contribution is 5.25. The van der Waals surface area contributed by atoms with E-state index in [1.807, 2.05) is 67.6 Å². The molecular weight excluding hydrogens is 222 g/mol. The average molecular weight is 241 g/mol. The highest BCUT2D eigenvalue weighted by atomic mass is 16.3. The highest BCUT2D eigenvalue weighted by Gasteiger charge is 2.25. The second kappa shape index (κ2) is 5.34. The second-order valence-corrected chi connectivity index (χ2v) is 4.91. The molecule has 3 N–H and O–H groups in total. The number of hydrogen-bond acceptors (Lipinski definition) is 2. The molecule has 0 saturated carbocycles. The van der Waals surface area contributed by atoms with Crippen molar-refractivity contribution in [2.75, 3.05) is 0 Å². The van der Waals surface area contributed by atoms with Crippen molar-refractivity contribution in [2.45, 2.75) is 25.0 Å². The molecule has 18 heavy (non-hydrogen) atoms. The molecule has 0 heterocycles. The fourth-order valence-corrected chi connectivity index (χ4v) is 2.13. The summed E-state index contributed by atoms with van der Waals surface area (Å²) in [6.07, 6.45) is -0.0393. The zero-order valence-corrected chi connectivity index (χ0v) is 10.6. The summed E-state index contributed by atoms with van der Waals surface area (Å²) in [7, 11) is 0. The minimum Gasteiger partial charge on any atom is -0.388 e. The van der Waals surface area contributed by atoms with Gasteiger partial charge in [-0.3, -0.25) is 0 Å². The molecule has 2 nitrogen and oxygen atoms in total. The van der Waals surface area contributed by atoms with E-state index in [1.54, 1.807) is 0 Å². The van der Waals surface area contributed by atoms with E-state index >= 15 is 0 Å². The quantitative estimate of drug-likeness (QED) is 0.864. The van der Waals surface area contributed by atoms with Crippen LogP contribution in [-0.2, 0) is 5.54 Å². The zero-order valence-electron chi connectivity index (χ0n) is 10.6. The number of aliphatic hydroxyl groups is 1. The standard InChI is InChI=1S/C16H19NO/c1-16(17,14-10-6-3-7-11-14)12-15(18)13-8-4-2-5-9-13/h2-11,15,18H,12,17H2,1H3. The van der Waals surface area contributed by atoms with Crippen molar-refractivity contribution < 1.29 is 5.11 Å².